The molecular formula is C21H23ClN6O3. The van der Waals surface area contributed by atoms with E-state index in [-0.39, 0.29) is 11.6 Å². The summed E-state index contributed by atoms with van der Waals surface area (Å²) < 4.78 is 3.25. The number of carbonyl (C=O) groups is 1. The van der Waals surface area contributed by atoms with Crippen molar-refractivity contribution in [3.05, 3.63) is 68.6 Å². The highest BCUT2D eigenvalue weighted by Gasteiger charge is 2.14. The number of hydrogen-bond donors (Lipinski definition) is 1. The van der Waals surface area contributed by atoms with Crippen molar-refractivity contribution < 1.29 is 9.72 Å². The van der Waals surface area contributed by atoms with Crippen molar-refractivity contribution in [1.82, 2.24) is 19.6 Å². The number of hydrogen-bond acceptors (Lipinski definition) is 5. The predicted molar refractivity (Wildman–Crippen MR) is 119 cm³/mol. The van der Waals surface area contributed by atoms with Gasteiger partial charge in [0.05, 0.1) is 22.0 Å². The second kappa shape index (κ2) is 9.13. The Morgan fingerprint density at radius 3 is 2.55 bits per heavy atom. The molecule has 2 heterocycles. The van der Waals surface area contributed by atoms with Gasteiger partial charge in [-0.1, -0.05) is 25.4 Å². The monoisotopic (exact) mass is 442 g/mol. The van der Waals surface area contributed by atoms with E-state index in [1.54, 1.807) is 35.9 Å². The van der Waals surface area contributed by atoms with Gasteiger partial charge in [-0.3, -0.25) is 19.6 Å². The van der Waals surface area contributed by atoms with E-state index in [1.165, 1.54) is 22.9 Å². The number of nitrogens with zero attached hydrogens (tertiary/aromatic N) is 5. The third kappa shape index (κ3) is 5.18. The van der Waals surface area contributed by atoms with E-state index in [0.717, 1.165) is 5.69 Å². The Labute approximate surface area is 184 Å². The molecule has 0 fully saturated rings. The van der Waals surface area contributed by atoms with Crippen molar-refractivity contribution in [2.24, 2.45) is 5.92 Å². The fourth-order valence-electron chi connectivity index (χ4n) is 3.05. The van der Waals surface area contributed by atoms with E-state index in [1.807, 2.05) is 6.92 Å². The van der Waals surface area contributed by atoms with Gasteiger partial charge in [0.25, 0.3) is 5.69 Å². The van der Waals surface area contributed by atoms with Crippen molar-refractivity contribution >= 4 is 35.1 Å². The zero-order chi connectivity index (χ0) is 22.7. The molecule has 31 heavy (non-hydrogen) atoms. The van der Waals surface area contributed by atoms with Gasteiger partial charge in [0.15, 0.2) is 0 Å². The van der Waals surface area contributed by atoms with Crippen molar-refractivity contribution in [2.45, 2.75) is 34.2 Å². The molecule has 1 amide bonds. The minimum absolute atomic E-state index is 0.0218. The van der Waals surface area contributed by atoms with Crippen molar-refractivity contribution in [2.75, 3.05) is 5.32 Å². The number of amides is 1. The van der Waals surface area contributed by atoms with Crippen LogP contribution in [0.2, 0.25) is 5.15 Å². The number of rotatable bonds is 7. The van der Waals surface area contributed by atoms with Gasteiger partial charge < -0.3 is 5.32 Å². The molecule has 0 unspecified atom stereocenters. The average Bonchev–Trinajstić information content (AvgIpc) is 3.18. The lowest BCUT2D eigenvalue weighted by molar-refractivity contribution is -0.384. The summed E-state index contributed by atoms with van der Waals surface area (Å²) in [6.45, 7) is 8.47. The normalized spacial score (nSPS) is 11.4. The zero-order valence-corrected chi connectivity index (χ0v) is 18.4. The first kappa shape index (κ1) is 22.2. The molecule has 0 saturated carbocycles. The Hall–Kier alpha value is -3.46. The van der Waals surface area contributed by atoms with E-state index in [9.17, 15) is 14.9 Å². The lowest BCUT2D eigenvalue weighted by atomic mass is 10.2. The van der Waals surface area contributed by atoms with E-state index in [0.29, 0.717) is 40.4 Å². The molecule has 9 nitrogen and oxygen atoms in total. The molecule has 3 rings (SSSR count). The summed E-state index contributed by atoms with van der Waals surface area (Å²) in [6.07, 6.45) is 3.02. The molecule has 2 aromatic heterocycles. The molecular weight excluding hydrogens is 420 g/mol. The molecule has 1 N–H and O–H groups in total. The Balaban J connectivity index is 1.79. The number of non-ortho nitro benzene ring substituents is 1. The number of halogens is 1. The Kier molecular flexibility index (Phi) is 6.55. The molecule has 0 aliphatic heterocycles. The smallest absolute Gasteiger partial charge is 0.269 e. The van der Waals surface area contributed by atoms with Gasteiger partial charge in [0.2, 0.25) is 5.91 Å². The summed E-state index contributed by atoms with van der Waals surface area (Å²) in [7, 11) is 0. The van der Waals surface area contributed by atoms with Gasteiger partial charge in [-0.05, 0) is 38.0 Å². The minimum Gasteiger partial charge on any atom is -0.307 e. The van der Waals surface area contributed by atoms with Gasteiger partial charge in [-0.2, -0.15) is 10.2 Å². The Morgan fingerprint density at radius 1 is 1.26 bits per heavy atom. The van der Waals surface area contributed by atoms with E-state index in [2.05, 4.69) is 29.4 Å². The average molecular weight is 443 g/mol. The number of anilines is 1. The molecule has 1 aromatic carbocycles. The molecule has 0 saturated heterocycles. The lowest BCUT2D eigenvalue weighted by Gasteiger charge is -2.07. The SMILES string of the molecule is Cc1cc(NC(=O)/C=C/c2c(C)nn(CC(C)C)c2Cl)n(-c2ccc([N+](=O)[O-])cc2)n1. The van der Waals surface area contributed by atoms with Crippen LogP contribution in [0, 0.1) is 29.9 Å². The van der Waals surface area contributed by atoms with Gasteiger partial charge in [-0.25, -0.2) is 4.68 Å². The molecule has 0 aliphatic rings. The topological polar surface area (TPSA) is 108 Å². The summed E-state index contributed by atoms with van der Waals surface area (Å²) >= 11 is 6.42. The standard InChI is InChI=1S/C21H23ClN6O3/c1-13(2)12-26-21(22)18(15(4)25-26)9-10-20(29)23-19-11-14(3)24-27(19)16-5-7-17(8-6-16)28(30)31/h5-11,13H,12H2,1-4H3,(H,23,29)/b10-9+. The Morgan fingerprint density at radius 2 is 1.94 bits per heavy atom. The fourth-order valence-corrected chi connectivity index (χ4v) is 3.36. The number of nitro groups is 1. The van der Waals surface area contributed by atoms with E-state index in [4.69, 9.17) is 11.6 Å². The molecule has 0 bridgehead atoms. The number of nitro benzene ring substituents is 1. The predicted octanol–water partition coefficient (Wildman–Crippen LogP) is 4.56. The Bertz CT molecular complexity index is 1140. The second-order valence-corrected chi connectivity index (χ2v) is 7.90. The van der Waals surface area contributed by atoms with E-state index < -0.39 is 4.92 Å². The van der Waals surface area contributed by atoms with Crippen LogP contribution in [0.3, 0.4) is 0 Å². The quantitative estimate of drug-likeness (QED) is 0.328. The molecule has 0 radical (unpaired) electrons. The first-order valence-corrected chi connectivity index (χ1v) is 10.1. The first-order chi connectivity index (χ1) is 14.7. The van der Waals surface area contributed by atoms with Crippen LogP contribution >= 0.6 is 11.6 Å². The highest BCUT2D eigenvalue weighted by molar-refractivity contribution is 6.31. The summed E-state index contributed by atoms with van der Waals surface area (Å²) in [5.74, 6) is 0.467. The van der Waals surface area contributed by atoms with Crippen molar-refractivity contribution in [3.8, 4) is 5.69 Å². The molecule has 0 spiro atoms. The van der Waals surface area contributed by atoms with Crippen molar-refractivity contribution in [3.63, 3.8) is 0 Å². The maximum absolute atomic E-state index is 12.5. The maximum atomic E-state index is 12.5. The van der Waals surface area contributed by atoms with Crippen LogP contribution in [0.15, 0.2) is 36.4 Å². The van der Waals surface area contributed by atoms with Gasteiger partial charge in [0, 0.05) is 36.4 Å². The van der Waals surface area contributed by atoms with Crippen LogP contribution in [-0.2, 0) is 11.3 Å². The van der Waals surface area contributed by atoms with Gasteiger partial charge in [-0.15, -0.1) is 0 Å². The van der Waals surface area contributed by atoms with Gasteiger partial charge >= 0.3 is 0 Å². The fraction of sp³-hybridized carbons (Fsp3) is 0.286. The highest BCUT2D eigenvalue weighted by atomic mass is 35.5. The molecule has 0 aliphatic carbocycles. The number of benzene rings is 1. The summed E-state index contributed by atoms with van der Waals surface area (Å²) in [5, 5.41) is 22.9. The first-order valence-electron chi connectivity index (χ1n) is 9.69. The summed E-state index contributed by atoms with van der Waals surface area (Å²) in [6, 6.07) is 7.63. The summed E-state index contributed by atoms with van der Waals surface area (Å²) in [5.41, 5.74) is 2.68. The van der Waals surface area contributed by atoms with Crippen LogP contribution in [-0.4, -0.2) is 30.4 Å². The molecule has 0 atom stereocenters. The van der Waals surface area contributed by atoms with Crippen LogP contribution in [0.25, 0.3) is 11.8 Å². The summed E-state index contributed by atoms with van der Waals surface area (Å²) in [4.78, 5) is 22.9. The number of aryl methyl sites for hydroxylation is 2. The molecule has 10 heteroatoms. The lowest BCUT2D eigenvalue weighted by Crippen LogP contribution is -2.12. The maximum Gasteiger partial charge on any atom is 0.269 e. The molecule has 162 valence electrons. The highest BCUT2D eigenvalue weighted by Crippen LogP contribution is 2.23. The second-order valence-electron chi connectivity index (χ2n) is 7.54. The van der Waals surface area contributed by atoms with Gasteiger partial charge in [0.1, 0.15) is 11.0 Å². The van der Waals surface area contributed by atoms with Crippen LogP contribution < -0.4 is 5.32 Å². The van der Waals surface area contributed by atoms with Crippen LogP contribution in [0.4, 0.5) is 11.5 Å². The zero-order valence-electron chi connectivity index (χ0n) is 17.7. The van der Waals surface area contributed by atoms with E-state index >= 15 is 0 Å². The third-order valence-corrected chi connectivity index (χ3v) is 4.84. The number of carbonyl (C=O) groups excluding carboxylic acids is 1. The largest absolute Gasteiger partial charge is 0.307 e. The number of aromatic nitrogens is 4. The van der Waals surface area contributed by atoms with Crippen LogP contribution in [0.5, 0.6) is 0 Å². The van der Waals surface area contributed by atoms with Crippen molar-refractivity contribution in [1.29, 1.82) is 0 Å². The third-order valence-electron chi connectivity index (χ3n) is 4.44. The molecule has 3 aromatic rings. The van der Waals surface area contributed by atoms with Crippen LogP contribution in [0.1, 0.15) is 30.8 Å². The minimum atomic E-state index is -0.470. The number of nitrogens with one attached hydrogen (secondary N) is 1.